The van der Waals surface area contributed by atoms with Gasteiger partial charge in [0.15, 0.2) is 0 Å². The summed E-state index contributed by atoms with van der Waals surface area (Å²) in [7, 11) is 0. The highest BCUT2D eigenvalue weighted by Gasteiger charge is 2.07. The van der Waals surface area contributed by atoms with E-state index in [1.165, 1.54) is 0 Å². The van der Waals surface area contributed by atoms with Crippen LogP contribution in [0.4, 0.5) is 5.69 Å². The van der Waals surface area contributed by atoms with Crippen LogP contribution >= 0.6 is 0 Å². The lowest BCUT2D eigenvalue weighted by molar-refractivity contribution is 0.880. The zero-order valence-electron chi connectivity index (χ0n) is 10.7. The average Bonchev–Trinajstić information content (AvgIpc) is 2.92. The van der Waals surface area contributed by atoms with Gasteiger partial charge in [0.1, 0.15) is 0 Å². The topological polar surface area (TPSA) is 42.5 Å². The number of aromatic nitrogens is 2. The Balaban J connectivity index is 2.52. The smallest absolute Gasteiger partial charge is 0.0714 e. The Morgan fingerprint density at radius 3 is 2.89 bits per heavy atom. The van der Waals surface area contributed by atoms with Crippen LogP contribution in [0.5, 0.6) is 0 Å². The van der Waals surface area contributed by atoms with Gasteiger partial charge in [-0.3, -0.25) is 9.98 Å². The summed E-state index contributed by atoms with van der Waals surface area (Å²) in [6.07, 6.45) is 3.67. The standard InChI is InChI=1S/C14H16N4/c1-4-16-11(2)13-10-12(6-7-14(13)15-3)18-9-5-8-17-18/h5-10H,3-4H2,1-2H3. The lowest BCUT2D eigenvalue weighted by atomic mass is 10.1. The van der Waals surface area contributed by atoms with Gasteiger partial charge in [0.05, 0.1) is 11.4 Å². The number of hydrogen-bond acceptors (Lipinski definition) is 3. The van der Waals surface area contributed by atoms with Crippen molar-refractivity contribution in [1.82, 2.24) is 9.78 Å². The Bertz CT molecular complexity index is 567. The van der Waals surface area contributed by atoms with Crippen molar-refractivity contribution in [3.8, 4) is 5.69 Å². The minimum Gasteiger partial charge on any atom is -0.290 e. The van der Waals surface area contributed by atoms with Gasteiger partial charge in [-0.2, -0.15) is 5.10 Å². The fourth-order valence-electron chi connectivity index (χ4n) is 1.84. The molecule has 1 aromatic heterocycles. The average molecular weight is 240 g/mol. The third-order valence-corrected chi connectivity index (χ3v) is 2.70. The second-order valence-corrected chi connectivity index (χ2v) is 3.87. The summed E-state index contributed by atoms with van der Waals surface area (Å²) < 4.78 is 1.82. The van der Waals surface area contributed by atoms with Gasteiger partial charge in [0.2, 0.25) is 0 Å². The minimum atomic E-state index is 0.758. The third-order valence-electron chi connectivity index (χ3n) is 2.70. The van der Waals surface area contributed by atoms with E-state index in [0.717, 1.165) is 29.2 Å². The van der Waals surface area contributed by atoms with Gasteiger partial charge in [-0.15, -0.1) is 0 Å². The highest BCUT2D eigenvalue weighted by Crippen LogP contribution is 2.22. The number of rotatable bonds is 4. The predicted molar refractivity (Wildman–Crippen MR) is 75.5 cm³/mol. The van der Waals surface area contributed by atoms with Crippen LogP contribution in [0, 0.1) is 0 Å². The summed E-state index contributed by atoms with van der Waals surface area (Å²) in [6.45, 7) is 8.36. The van der Waals surface area contributed by atoms with Gasteiger partial charge in [0.25, 0.3) is 0 Å². The summed E-state index contributed by atoms with van der Waals surface area (Å²) in [6, 6.07) is 7.84. The molecular formula is C14H16N4. The van der Waals surface area contributed by atoms with E-state index in [4.69, 9.17) is 0 Å². The van der Waals surface area contributed by atoms with Crippen LogP contribution in [0.15, 0.2) is 46.6 Å². The van der Waals surface area contributed by atoms with E-state index in [1.807, 2.05) is 49.0 Å². The molecule has 1 heterocycles. The van der Waals surface area contributed by atoms with E-state index in [0.29, 0.717) is 0 Å². The molecule has 92 valence electrons. The Kier molecular flexibility index (Phi) is 3.67. The molecule has 0 saturated carbocycles. The van der Waals surface area contributed by atoms with E-state index < -0.39 is 0 Å². The molecule has 0 aliphatic heterocycles. The summed E-state index contributed by atoms with van der Waals surface area (Å²) in [5.41, 5.74) is 3.81. The molecule has 0 saturated heterocycles. The second-order valence-electron chi connectivity index (χ2n) is 3.87. The van der Waals surface area contributed by atoms with E-state index in [9.17, 15) is 0 Å². The molecule has 0 spiro atoms. The van der Waals surface area contributed by atoms with Crippen molar-refractivity contribution in [1.29, 1.82) is 0 Å². The van der Waals surface area contributed by atoms with Crippen LogP contribution in [-0.2, 0) is 0 Å². The van der Waals surface area contributed by atoms with Gasteiger partial charge < -0.3 is 0 Å². The molecule has 0 bridgehead atoms. The highest BCUT2D eigenvalue weighted by atomic mass is 15.3. The minimum absolute atomic E-state index is 0.758. The van der Waals surface area contributed by atoms with Crippen molar-refractivity contribution >= 4 is 18.1 Å². The van der Waals surface area contributed by atoms with Crippen LogP contribution in [0.25, 0.3) is 5.69 Å². The molecule has 4 heteroatoms. The quantitative estimate of drug-likeness (QED) is 0.757. The first-order chi connectivity index (χ1) is 8.76. The molecule has 0 radical (unpaired) electrons. The second kappa shape index (κ2) is 5.40. The molecule has 2 aromatic rings. The van der Waals surface area contributed by atoms with E-state index >= 15 is 0 Å². The molecule has 2 rings (SSSR count). The first-order valence-electron chi connectivity index (χ1n) is 5.88. The zero-order chi connectivity index (χ0) is 13.0. The van der Waals surface area contributed by atoms with E-state index in [-0.39, 0.29) is 0 Å². The first-order valence-corrected chi connectivity index (χ1v) is 5.88. The predicted octanol–water partition coefficient (Wildman–Crippen LogP) is 3.03. The van der Waals surface area contributed by atoms with Crippen molar-refractivity contribution < 1.29 is 0 Å². The fourth-order valence-corrected chi connectivity index (χ4v) is 1.84. The van der Waals surface area contributed by atoms with E-state index in [1.54, 1.807) is 6.20 Å². The molecule has 1 aromatic carbocycles. The molecule has 4 nitrogen and oxygen atoms in total. The van der Waals surface area contributed by atoms with Gasteiger partial charge >= 0.3 is 0 Å². The van der Waals surface area contributed by atoms with Crippen LogP contribution in [-0.4, -0.2) is 28.8 Å². The third kappa shape index (κ3) is 2.37. The van der Waals surface area contributed by atoms with E-state index in [2.05, 4.69) is 21.8 Å². The van der Waals surface area contributed by atoms with Gasteiger partial charge in [-0.25, -0.2) is 4.68 Å². The summed E-state index contributed by atoms with van der Waals surface area (Å²) in [5.74, 6) is 0. The van der Waals surface area contributed by atoms with Gasteiger partial charge in [0, 0.05) is 30.2 Å². The lowest BCUT2D eigenvalue weighted by Gasteiger charge is -2.08. The van der Waals surface area contributed by atoms with Crippen molar-refractivity contribution in [3.63, 3.8) is 0 Å². The largest absolute Gasteiger partial charge is 0.290 e. The van der Waals surface area contributed by atoms with Crippen LogP contribution in [0.1, 0.15) is 19.4 Å². The normalized spacial score (nSPS) is 11.6. The maximum Gasteiger partial charge on any atom is 0.0714 e. The summed E-state index contributed by atoms with van der Waals surface area (Å²) >= 11 is 0. The molecular weight excluding hydrogens is 224 g/mol. The highest BCUT2D eigenvalue weighted by molar-refractivity contribution is 6.03. The molecule has 18 heavy (non-hydrogen) atoms. The Labute approximate surface area is 107 Å². The van der Waals surface area contributed by atoms with Crippen molar-refractivity contribution in [2.45, 2.75) is 13.8 Å². The number of nitrogens with zero attached hydrogens (tertiary/aromatic N) is 4. The molecule has 0 aliphatic carbocycles. The van der Waals surface area contributed by atoms with Crippen molar-refractivity contribution in [3.05, 3.63) is 42.2 Å². The van der Waals surface area contributed by atoms with Crippen LogP contribution in [0.3, 0.4) is 0 Å². The monoisotopic (exact) mass is 240 g/mol. The van der Waals surface area contributed by atoms with Crippen molar-refractivity contribution in [2.75, 3.05) is 6.54 Å². The molecule has 0 N–H and O–H groups in total. The summed E-state index contributed by atoms with van der Waals surface area (Å²) in [4.78, 5) is 8.46. The number of hydrogen-bond donors (Lipinski definition) is 0. The van der Waals surface area contributed by atoms with Crippen molar-refractivity contribution in [2.24, 2.45) is 9.98 Å². The van der Waals surface area contributed by atoms with Gasteiger partial charge in [-0.1, -0.05) is 0 Å². The Hall–Kier alpha value is -2.23. The molecule has 0 amide bonds. The van der Waals surface area contributed by atoms with Crippen LogP contribution in [0.2, 0.25) is 0 Å². The first kappa shape index (κ1) is 12.2. The summed E-state index contributed by atoms with van der Waals surface area (Å²) in [5, 5.41) is 4.22. The maximum absolute atomic E-state index is 4.43. The molecule has 0 atom stereocenters. The fraction of sp³-hybridized carbons (Fsp3) is 0.214. The lowest BCUT2D eigenvalue weighted by Crippen LogP contribution is -2.00. The maximum atomic E-state index is 4.43. The van der Waals surface area contributed by atoms with Gasteiger partial charge in [-0.05, 0) is 44.8 Å². The molecule has 0 aliphatic rings. The SMILES string of the molecule is C=Nc1ccc(-n2cccn2)cc1C(C)=NCC. The Morgan fingerprint density at radius 2 is 2.28 bits per heavy atom. The zero-order valence-corrected chi connectivity index (χ0v) is 10.7. The molecule has 0 unspecified atom stereocenters. The molecule has 0 fully saturated rings. The number of benzene rings is 1. The van der Waals surface area contributed by atoms with Crippen LogP contribution < -0.4 is 0 Å². The Morgan fingerprint density at radius 1 is 1.44 bits per heavy atom. The number of aliphatic imine (C=N–C) groups is 2.